The number of aliphatic hydroxyl groups is 1. The van der Waals surface area contributed by atoms with Crippen LogP contribution in [0.1, 0.15) is 80.1 Å². The molecule has 0 fully saturated rings. The van der Waals surface area contributed by atoms with Crippen LogP contribution in [0.4, 0.5) is 0 Å². The van der Waals surface area contributed by atoms with Gasteiger partial charge in [-0.25, -0.2) is 0 Å². The summed E-state index contributed by atoms with van der Waals surface area (Å²) in [7, 11) is 0. The van der Waals surface area contributed by atoms with Crippen molar-refractivity contribution in [3.05, 3.63) is 34.9 Å². The van der Waals surface area contributed by atoms with E-state index in [9.17, 15) is 14.7 Å². The monoisotopic (exact) mass is 408 g/mol. The van der Waals surface area contributed by atoms with Crippen LogP contribution in [-0.2, 0) is 19.1 Å². The summed E-state index contributed by atoms with van der Waals surface area (Å²) in [5.74, 6) is -0.330. The van der Waals surface area contributed by atoms with Crippen molar-refractivity contribution in [2.24, 2.45) is 5.92 Å². The zero-order chi connectivity index (χ0) is 22.2. The van der Waals surface area contributed by atoms with E-state index in [1.165, 1.54) is 19.4 Å². The molecule has 0 heterocycles. The van der Waals surface area contributed by atoms with Gasteiger partial charge in [-0.3, -0.25) is 9.59 Å². The molecular formula is C24H40O5. The van der Waals surface area contributed by atoms with Crippen molar-refractivity contribution in [1.82, 2.24) is 0 Å². The Morgan fingerprint density at radius 2 is 1.59 bits per heavy atom. The van der Waals surface area contributed by atoms with Gasteiger partial charge >= 0.3 is 11.9 Å². The van der Waals surface area contributed by atoms with Gasteiger partial charge in [-0.2, -0.15) is 0 Å². The normalized spacial score (nSPS) is 14.2. The second-order valence-corrected chi connectivity index (χ2v) is 7.99. The van der Waals surface area contributed by atoms with Crippen LogP contribution in [-0.4, -0.2) is 36.4 Å². The first-order chi connectivity index (χ1) is 13.6. The third-order valence-corrected chi connectivity index (χ3v) is 4.73. The molecule has 0 spiro atoms. The molecule has 0 rings (SSSR count). The number of aliphatic hydroxyl groups excluding tert-OH is 1. The predicted molar refractivity (Wildman–Crippen MR) is 117 cm³/mol. The summed E-state index contributed by atoms with van der Waals surface area (Å²) in [5.41, 5.74) is 3.49. The first-order valence-corrected chi connectivity index (χ1v) is 10.5. The van der Waals surface area contributed by atoms with Gasteiger partial charge in [0.25, 0.3) is 0 Å². The zero-order valence-electron chi connectivity index (χ0n) is 19.1. The number of carbonyl (C=O) groups excluding carboxylic acids is 2. The first-order valence-electron chi connectivity index (χ1n) is 10.5. The van der Waals surface area contributed by atoms with Crippen molar-refractivity contribution < 1.29 is 24.2 Å². The molecule has 0 unspecified atom stereocenters. The average Bonchev–Trinajstić information content (AvgIpc) is 2.62. The van der Waals surface area contributed by atoms with Crippen LogP contribution in [0.2, 0.25) is 0 Å². The molecule has 166 valence electrons. The van der Waals surface area contributed by atoms with E-state index < -0.39 is 0 Å². The fourth-order valence-electron chi connectivity index (χ4n) is 2.77. The highest BCUT2D eigenvalue weighted by Crippen LogP contribution is 2.19. The van der Waals surface area contributed by atoms with E-state index in [1.807, 2.05) is 26.8 Å². The van der Waals surface area contributed by atoms with E-state index in [4.69, 9.17) is 9.47 Å². The highest BCUT2D eigenvalue weighted by Gasteiger charge is 2.13. The number of allylic oxidation sites excluding steroid dienone is 3. The summed E-state index contributed by atoms with van der Waals surface area (Å²) in [6.07, 6.45) is 10.9. The summed E-state index contributed by atoms with van der Waals surface area (Å²) in [6, 6.07) is 0. The maximum absolute atomic E-state index is 11.2. The minimum Gasteiger partial charge on any atom is -0.462 e. The molecule has 0 aromatic rings. The lowest BCUT2D eigenvalue weighted by atomic mass is 9.94. The van der Waals surface area contributed by atoms with E-state index in [1.54, 1.807) is 0 Å². The lowest BCUT2D eigenvalue weighted by Gasteiger charge is -2.18. The number of rotatable bonds is 14. The number of esters is 2. The topological polar surface area (TPSA) is 72.8 Å². The van der Waals surface area contributed by atoms with Crippen LogP contribution >= 0.6 is 0 Å². The van der Waals surface area contributed by atoms with Gasteiger partial charge in [0.1, 0.15) is 13.2 Å². The number of hydrogen-bond donors (Lipinski definition) is 1. The molecule has 0 saturated heterocycles. The molecule has 0 radical (unpaired) electrons. The molecule has 5 heteroatoms. The zero-order valence-corrected chi connectivity index (χ0v) is 19.1. The van der Waals surface area contributed by atoms with Gasteiger partial charge in [0, 0.05) is 13.8 Å². The SMILES string of the molecule is CC(=O)OC/C=C(\C)CC/C=C(/CCC[C@H](C)[C@H](O)CC=C(C)C)COC(C)=O. The van der Waals surface area contributed by atoms with Gasteiger partial charge in [-0.1, -0.05) is 30.2 Å². The van der Waals surface area contributed by atoms with Gasteiger partial charge < -0.3 is 14.6 Å². The molecule has 0 amide bonds. The minimum absolute atomic E-state index is 0.229. The fourth-order valence-corrected chi connectivity index (χ4v) is 2.77. The van der Waals surface area contributed by atoms with Crippen LogP contribution < -0.4 is 0 Å². The van der Waals surface area contributed by atoms with Crippen molar-refractivity contribution in [2.75, 3.05) is 13.2 Å². The highest BCUT2D eigenvalue weighted by atomic mass is 16.5. The smallest absolute Gasteiger partial charge is 0.302 e. The second kappa shape index (κ2) is 16.0. The van der Waals surface area contributed by atoms with Crippen molar-refractivity contribution >= 4 is 11.9 Å². The largest absolute Gasteiger partial charge is 0.462 e. The minimum atomic E-state index is -0.323. The van der Waals surface area contributed by atoms with Crippen molar-refractivity contribution in [3.8, 4) is 0 Å². The van der Waals surface area contributed by atoms with E-state index in [2.05, 4.69) is 19.1 Å². The summed E-state index contributed by atoms with van der Waals surface area (Å²) in [6.45, 7) is 11.6. The molecule has 0 aliphatic carbocycles. The van der Waals surface area contributed by atoms with Gasteiger partial charge in [0.2, 0.25) is 0 Å². The lowest BCUT2D eigenvalue weighted by Crippen LogP contribution is -2.17. The first kappa shape index (κ1) is 27.1. The van der Waals surface area contributed by atoms with Crippen molar-refractivity contribution in [3.63, 3.8) is 0 Å². The molecule has 0 aromatic carbocycles. The molecule has 0 saturated carbocycles. The Bertz CT molecular complexity index is 582. The van der Waals surface area contributed by atoms with Crippen LogP contribution in [0.25, 0.3) is 0 Å². The Balaban J connectivity index is 4.53. The Kier molecular flexibility index (Phi) is 14.9. The predicted octanol–water partition coefficient (Wildman–Crippen LogP) is 5.29. The van der Waals surface area contributed by atoms with Crippen molar-refractivity contribution in [2.45, 2.75) is 86.2 Å². The summed E-state index contributed by atoms with van der Waals surface area (Å²) >= 11 is 0. The maximum Gasteiger partial charge on any atom is 0.302 e. The molecule has 5 nitrogen and oxygen atoms in total. The number of hydrogen-bond acceptors (Lipinski definition) is 5. The third-order valence-electron chi connectivity index (χ3n) is 4.73. The molecule has 29 heavy (non-hydrogen) atoms. The van der Waals surface area contributed by atoms with Gasteiger partial charge in [0.15, 0.2) is 0 Å². The Morgan fingerprint density at radius 3 is 2.17 bits per heavy atom. The molecule has 0 aromatic heterocycles. The van der Waals surface area contributed by atoms with Crippen LogP contribution in [0.5, 0.6) is 0 Å². The average molecular weight is 409 g/mol. The van der Waals surface area contributed by atoms with Crippen LogP contribution in [0.15, 0.2) is 34.9 Å². The van der Waals surface area contributed by atoms with Crippen LogP contribution in [0.3, 0.4) is 0 Å². The maximum atomic E-state index is 11.2. The fraction of sp³-hybridized carbons (Fsp3) is 0.667. The molecule has 2 atom stereocenters. The number of carbonyl (C=O) groups is 2. The second-order valence-electron chi connectivity index (χ2n) is 7.99. The van der Waals surface area contributed by atoms with Crippen molar-refractivity contribution in [1.29, 1.82) is 0 Å². The molecule has 0 aliphatic rings. The van der Waals surface area contributed by atoms with E-state index in [0.29, 0.717) is 19.6 Å². The number of ether oxygens (including phenoxy) is 2. The van der Waals surface area contributed by atoms with Gasteiger partial charge in [-0.05, 0) is 76.9 Å². The van der Waals surface area contributed by atoms with E-state index in [-0.39, 0.29) is 24.0 Å². The molecule has 0 bridgehead atoms. The molecule has 0 aliphatic heterocycles. The van der Waals surface area contributed by atoms with Gasteiger partial charge in [0.05, 0.1) is 6.10 Å². The van der Waals surface area contributed by atoms with E-state index >= 15 is 0 Å². The summed E-state index contributed by atoms with van der Waals surface area (Å²) in [4.78, 5) is 22.0. The molecule has 1 N–H and O–H groups in total. The Labute approximate surface area is 176 Å². The summed E-state index contributed by atoms with van der Waals surface area (Å²) < 4.78 is 10.1. The quantitative estimate of drug-likeness (QED) is 0.312. The molecular weight excluding hydrogens is 368 g/mol. The van der Waals surface area contributed by atoms with Gasteiger partial charge in [-0.15, -0.1) is 0 Å². The standard InChI is InChI=1S/C24H40O5/c1-18(2)13-14-24(27)20(4)10-8-12-23(17-29-22(6)26)11-7-9-19(3)15-16-28-21(5)25/h11,13,15,20,24,27H,7-10,12,14,16-17H2,1-6H3/b19-15+,23-11-/t20-,24+/m0/s1. The lowest BCUT2D eigenvalue weighted by molar-refractivity contribution is -0.140. The Morgan fingerprint density at radius 1 is 0.931 bits per heavy atom. The Hall–Kier alpha value is -1.88. The van der Waals surface area contributed by atoms with E-state index in [0.717, 1.165) is 43.3 Å². The highest BCUT2D eigenvalue weighted by molar-refractivity contribution is 5.66. The van der Waals surface area contributed by atoms with Crippen LogP contribution in [0, 0.1) is 5.92 Å². The summed E-state index contributed by atoms with van der Waals surface area (Å²) in [5, 5.41) is 10.2. The third kappa shape index (κ3) is 16.8.